The van der Waals surface area contributed by atoms with E-state index in [1.165, 1.54) is 0 Å². The molecular formula is H2MgNdTbTm. The topological polar surface area (TPSA) is 0 Å². The molecule has 0 saturated heterocycles. The van der Waals surface area contributed by atoms with E-state index in [1.807, 2.05) is 0 Å². The third-order valence-corrected chi connectivity index (χ3v) is 0. The van der Waals surface area contributed by atoms with E-state index in [0.717, 1.165) is 0 Å². The fourth-order valence-corrected chi connectivity index (χ4v) is 0. The van der Waals surface area contributed by atoms with Gasteiger partial charge in [0.15, 0.2) is 0 Å². The molecule has 0 unspecified atom stereocenters. The van der Waals surface area contributed by atoms with E-state index in [9.17, 15) is 0 Å². The van der Waals surface area contributed by atoms with Gasteiger partial charge in [0, 0.05) is 116 Å². The molecule has 4 heteroatoms. The van der Waals surface area contributed by atoms with Crippen molar-refractivity contribution in [2.45, 2.75) is 0 Å². The van der Waals surface area contributed by atoms with Crippen molar-refractivity contribution < 1.29 is 116 Å². The quantitative estimate of drug-likeness (QED) is 0.380. The third kappa shape index (κ3) is 9.81. The van der Waals surface area contributed by atoms with E-state index < -0.39 is 0 Å². The first-order valence-corrected chi connectivity index (χ1v) is 0. The first-order chi connectivity index (χ1) is 0. The number of hydrogen-bond acceptors (Lipinski definition) is 0. The normalized spacial score (nSPS) is 0. The summed E-state index contributed by atoms with van der Waals surface area (Å²) in [5.41, 5.74) is 0. The first-order valence-electron chi connectivity index (χ1n) is 0. The maximum absolute atomic E-state index is 0. The SMILES string of the molecule is [MgH2].[Nd].[Tb].[Tm]. The molecular weight excluding hydrogens is 496 g/mol. The molecule has 0 bridgehead atoms. The molecule has 0 N–H and O–H groups in total. The van der Waals surface area contributed by atoms with Crippen molar-refractivity contribution in [3.63, 3.8) is 0 Å². The van der Waals surface area contributed by atoms with Crippen molar-refractivity contribution in [3.8, 4) is 0 Å². The van der Waals surface area contributed by atoms with E-state index >= 15 is 0 Å². The molecule has 0 spiro atoms. The first kappa shape index (κ1) is 23.4. The Morgan fingerprint density at radius 1 is 1.00 bits per heavy atom. The summed E-state index contributed by atoms with van der Waals surface area (Å²) in [5, 5.41) is 0. The van der Waals surface area contributed by atoms with E-state index in [-0.39, 0.29) is 139 Å². The van der Waals surface area contributed by atoms with Crippen molar-refractivity contribution in [1.82, 2.24) is 0 Å². The molecule has 0 aliphatic rings. The summed E-state index contributed by atoms with van der Waals surface area (Å²) in [5.74, 6) is 0. The minimum atomic E-state index is 0. The Hall–Kier alpha value is 4.64. The van der Waals surface area contributed by atoms with Gasteiger partial charge in [-0.1, -0.05) is 0 Å². The molecule has 30 valence electrons. The second kappa shape index (κ2) is 15.6. The summed E-state index contributed by atoms with van der Waals surface area (Å²) in [6, 6.07) is 0. The van der Waals surface area contributed by atoms with Crippen LogP contribution in [0.2, 0.25) is 0 Å². The predicted octanol–water partition coefficient (Wildman–Crippen LogP) is -0.916. The van der Waals surface area contributed by atoms with Crippen LogP contribution in [0, 0.1) is 116 Å². The van der Waals surface area contributed by atoms with Gasteiger partial charge in [0.05, 0.1) is 0 Å². The predicted molar refractivity (Wildman–Crippen MR) is 8.54 cm³/mol. The van der Waals surface area contributed by atoms with Gasteiger partial charge in [-0.05, 0) is 0 Å². The van der Waals surface area contributed by atoms with Crippen LogP contribution in [-0.2, 0) is 0 Å². The zero-order valence-electron chi connectivity index (χ0n) is 1.11. The summed E-state index contributed by atoms with van der Waals surface area (Å²) in [7, 11) is 0. The van der Waals surface area contributed by atoms with Crippen LogP contribution in [0.15, 0.2) is 0 Å². The van der Waals surface area contributed by atoms with Crippen LogP contribution in [0.5, 0.6) is 0 Å². The second-order valence-corrected chi connectivity index (χ2v) is 0. The fraction of sp³-hybridized carbons (Fsp3) is 0. The van der Waals surface area contributed by atoms with Crippen LogP contribution in [-0.4, -0.2) is 23.1 Å². The molecule has 4 heavy (non-hydrogen) atoms. The smallest absolute Gasteiger partial charge is 0 e. The van der Waals surface area contributed by atoms with Crippen LogP contribution in [0.1, 0.15) is 0 Å². The van der Waals surface area contributed by atoms with Crippen LogP contribution >= 0.6 is 0 Å². The molecule has 0 rings (SSSR count). The minimum absolute atomic E-state index is 0. The Balaban J connectivity index is 0. The van der Waals surface area contributed by atoms with E-state index in [4.69, 9.17) is 0 Å². The Kier molecular flexibility index (Phi) is 91.6. The van der Waals surface area contributed by atoms with Crippen molar-refractivity contribution >= 4 is 23.1 Å². The molecule has 0 aliphatic carbocycles. The molecule has 0 aromatic carbocycles. The summed E-state index contributed by atoms with van der Waals surface area (Å²) in [4.78, 5) is 0. The van der Waals surface area contributed by atoms with E-state index in [1.54, 1.807) is 0 Å². The molecule has 0 amide bonds. The molecule has 0 fully saturated rings. The van der Waals surface area contributed by atoms with Crippen molar-refractivity contribution in [3.05, 3.63) is 0 Å². The number of hydrogen-bond donors (Lipinski definition) is 0. The fourth-order valence-electron chi connectivity index (χ4n) is 0. The zero-order valence-corrected chi connectivity index (χ0v) is 8.24. The standard InChI is InChI=1S/Mg.Nd.Tb.Tm.2H. The molecule has 2 radical (unpaired) electrons. The zero-order chi connectivity index (χ0) is 0. The molecule has 0 aromatic heterocycles. The second-order valence-electron chi connectivity index (χ2n) is 0. The number of rotatable bonds is 0. The van der Waals surface area contributed by atoms with Gasteiger partial charge in [-0.15, -0.1) is 0 Å². The molecule has 0 aromatic rings. The molecule has 0 aliphatic heterocycles. The van der Waals surface area contributed by atoms with Gasteiger partial charge in [0.2, 0.25) is 0 Å². The van der Waals surface area contributed by atoms with Crippen molar-refractivity contribution in [1.29, 1.82) is 0 Å². The summed E-state index contributed by atoms with van der Waals surface area (Å²) in [6.45, 7) is 0. The maximum atomic E-state index is 0. The Labute approximate surface area is 135 Å². The largest absolute Gasteiger partial charge is 0.316 e. The van der Waals surface area contributed by atoms with E-state index in [0.29, 0.717) is 0 Å². The summed E-state index contributed by atoms with van der Waals surface area (Å²) >= 11 is 0. The molecule has 0 heterocycles. The molecule has 0 nitrogen and oxygen atoms in total. The van der Waals surface area contributed by atoms with Gasteiger partial charge in [0.25, 0.3) is 0 Å². The van der Waals surface area contributed by atoms with Crippen LogP contribution < -0.4 is 0 Å². The van der Waals surface area contributed by atoms with Gasteiger partial charge in [0.1, 0.15) is 0 Å². The van der Waals surface area contributed by atoms with Crippen LogP contribution in [0.3, 0.4) is 0 Å². The van der Waals surface area contributed by atoms with Gasteiger partial charge >= 0.3 is 23.1 Å². The molecule has 0 saturated carbocycles. The van der Waals surface area contributed by atoms with Crippen LogP contribution in [0.4, 0.5) is 0 Å². The van der Waals surface area contributed by atoms with Gasteiger partial charge in [-0.3, -0.25) is 0 Å². The third-order valence-electron chi connectivity index (χ3n) is 0. The molecule has 0 atom stereocenters. The Morgan fingerprint density at radius 3 is 1.00 bits per heavy atom. The van der Waals surface area contributed by atoms with Crippen molar-refractivity contribution in [2.75, 3.05) is 0 Å². The summed E-state index contributed by atoms with van der Waals surface area (Å²) < 4.78 is 0. The van der Waals surface area contributed by atoms with Crippen LogP contribution in [0.25, 0.3) is 0 Å². The maximum Gasteiger partial charge on any atom is 0.316 e. The average Bonchev–Trinajstić information content (AvgIpc) is 0. The van der Waals surface area contributed by atoms with E-state index in [2.05, 4.69) is 0 Å². The van der Waals surface area contributed by atoms with Crippen molar-refractivity contribution in [2.24, 2.45) is 0 Å². The minimum Gasteiger partial charge on any atom is 0 e. The Bertz CT molecular complexity index is 8.00. The average molecular weight is 498 g/mol. The van der Waals surface area contributed by atoms with Gasteiger partial charge < -0.3 is 0 Å². The monoisotopic (exact) mass is 496 g/mol. The Morgan fingerprint density at radius 2 is 1.00 bits per heavy atom. The van der Waals surface area contributed by atoms with Gasteiger partial charge in [-0.2, -0.15) is 0 Å². The summed E-state index contributed by atoms with van der Waals surface area (Å²) in [6.07, 6.45) is 0. The van der Waals surface area contributed by atoms with Gasteiger partial charge in [-0.25, -0.2) is 0 Å².